The number of benzene rings is 1. The number of nitrogens with one attached hydrogen (secondary N) is 2. The highest BCUT2D eigenvalue weighted by Crippen LogP contribution is 2.23. The Labute approximate surface area is 168 Å². The normalized spacial score (nSPS) is 21.3. The van der Waals surface area contributed by atoms with Crippen molar-refractivity contribution in [3.8, 4) is 0 Å². The Morgan fingerprint density at radius 1 is 1.21 bits per heavy atom. The van der Waals surface area contributed by atoms with Crippen molar-refractivity contribution < 1.29 is 0 Å². The summed E-state index contributed by atoms with van der Waals surface area (Å²) in [6.07, 6.45) is 7.70. The van der Waals surface area contributed by atoms with Gasteiger partial charge < -0.3 is 15.2 Å². The third kappa shape index (κ3) is 5.81. The molecule has 2 N–H and O–H groups in total. The second-order valence-electron chi connectivity index (χ2n) is 7.90. The standard InChI is InChI=1S/C22H34N6/c1-4-21-27-24-16-28(21)15-14-23-22(26-20-12-10-17(2)11-13-20)25-18(3)19-8-6-5-7-9-19/h5-9,16-18,20H,4,10-15H2,1-3H3,(H2,23,25,26). The van der Waals surface area contributed by atoms with E-state index in [1.807, 2.05) is 0 Å². The van der Waals surface area contributed by atoms with Crippen LogP contribution in [-0.4, -0.2) is 33.3 Å². The first-order valence-electron chi connectivity index (χ1n) is 10.6. The third-order valence-corrected chi connectivity index (χ3v) is 5.63. The Morgan fingerprint density at radius 3 is 2.68 bits per heavy atom. The molecule has 6 nitrogen and oxygen atoms in total. The van der Waals surface area contributed by atoms with Crippen LogP contribution in [0.25, 0.3) is 0 Å². The summed E-state index contributed by atoms with van der Waals surface area (Å²) in [5.41, 5.74) is 1.27. The summed E-state index contributed by atoms with van der Waals surface area (Å²) >= 11 is 0. The number of guanidine groups is 1. The number of rotatable bonds is 7. The fraction of sp³-hybridized carbons (Fsp3) is 0.591. The maximum atomic E-state index is 4.87. The van der Waals surface area contributed by atoms with Crippen molar-refractivity contribution in [3.63, 3.8) is 0 Å². The molecule has 3 rings (SSSR count). The molecule has 1 aromatic carbocycles. The average molecular weight is 383 g/mol. The van der Waals surface area contributed by atoms with Gasteiger partial charge in [0.05, 0.1) is 12.6 Å². The molecule has 1 heterocycles. The minimum absolute atomic E-state index is 0.205. The van der Waals surface area contributed by atoms with Crippen molar-refractivity contribution in [2.45, 2.75) is 71.5 Å². The molecule has 1 aromatic heterocycles. The molecule has 0 saturated heterocycles. The summed E-state index contributed by atoms with van der Waals surface area (Å²) in [5, 5.41) is 15.5. The van der Waals surface area contributed by atoms with E-state index in [9.17, 15) is 0 Å². The van der Waals surface area contributed by atoms with Gasteiger partial charge in [0.2, 0.25) is 0 Å². The molecule has 1 aliphatic rings. The smallest absolute Gasteiger partial charge is 0.192 e. The molecular weight excluding hydrogens is 348 g/mol. The van der Waals surface area contributed by atoms with E-state index in [1.54, 1.807) is 6.33 Å². The van der Waals surface area contributed by atoms with Gasteiger partial charge in [-0.15, -0.1) is 10.2 Å². The average Bonchev–Trinajstić information content (AvgIpc) is 3.18. The molecule has 152 valence electrons. The highest BCUT2D eigenvalue weighted by Gasteiger charge is 2.19. The molecule has 0 spiro atoms. The third-order valence-electron chi connectivity index (χ3n) is 5.63. The van der Waals surface area contributed by atoms with Crippen LogP contribution in [0.4, 0.5) is 0 Å². The number of nitrogens with zero attached hydrogens (tertiary/aromatic N) is 4. The van der Waals surface area contributed by atoms with E-state index >= 15 is 0 Å². The van der Waals surface area contributed by atoms with Gasteiger partial charge in [0.15, 0.2) is 5.96 Å². The highest BCUT2D eigenvalue weighted by molar-refractivity contribution is 5.80. The number of aliphatic imine (C=N–C) groups is 1. The molecule has 0 bridgehead atoms. The van der Waals surface area contributed by atoms with Crippen molar-refractivity contribution in [2.24, 2.45) is 10.9 Å². The van der Waals surface area contributed by atoms with E-state index in [-0.39, 0.29) is 6.04 Å². The van der Waals surface area contributed by atoms with Crippen LogP contribution in [0.1, 0.15) is 63.9 Å². The van der Waals surface area contributed by atoms with Crippen molar-refractivity contribution in [3.05, 3.63) is 48.0 Å². The van der Waals surface area contributed by atoms with Gasteiger partial charge in [0.1, 0.15) is 12.2 Å². The Kier molecular flexibility index (Phi) is 7.46. The lowest BCUT2D eigenvalue weighted by atomic mass is 9.87. The second kappa shape index (κ2) is 10.2. The monoisotopic (exact) mass is 382 g/mol. The molecule has 0 amide bonds. The van der Waals surface area contributed by atoms with Gasteiger partial charge in [0.25, 0.3) is 0 Å². The number of hydrogen-bond acceptors (Lipinski definition) is 3. The van der Waals surface area contributed by atoms with Gasteiger partial charge in [-0.1, -0.05) is 44.2 Å². The van der Waals surface area contributed by atoms with Crippen LogP contribution in [0.2, 0.25) is 0 Å². The quantitative estimate of drug-likeness (QED) is 0.566. The van der Waals surface area contributed by atoms with E-state index < -0.39 is 0 Å². The first-order valence-corrected chi connectivity index (χ1v) is 10.6. The summed E-state index contributed by atoms with van der Waals surface area (Å²) in [6, 6.07) is 11.2. The summed E-state index contributed by atoms with van der Waals surface area (Å²) < 4.78 is 2.09. The zero-order chi connectivity index (χ0) is 19.8. The number of aromatic nitrogens is 3. The Hall–Kier alpha value is -2.37. The zero-order valence-corrected chi connectivity index (χ0v) is 17.4. The molecule has 2 aromatic rings. The molecule has 1 saturated carbocycles. The zero-order valence-electron chi connectivity index (χ0n) is 17.4. The molecule has 0 aliphatic heterocycles. The topological polar surface area (TPSA) is 67.1 Å². The minimum atomic E-state index is 0.205. The van der Waals surface area contributed by atoms with Gasteiger partial charge >= 0.3 is 0 Å². The molecule has 6 heteroatoms. The summed E-state index contributed by atoms with van der Waals surface area (Å²) in [5.74, 6) is 2.76. The fourth-order valence-electron chi connectivity index (χ4n) is 3.77. The van der Waals surface area contributed by atoms with Crippen LogP contribution in [-0.2, 0) is 13.0 Å². The molecule has 0 radical (unpaired) electrons. The molecule has 1 atom stereocenters. The van der Waals surface area contributed by atoms with Crippen LogP contribution in [0, 0.1) is 5.92 Å². The van der Waals surface area contributed by atoms with Crippen molar-refractivity contribution >= 4 is 5.96 Å². The second-order valence-corrected chi connectivity index (χ2v) is 7.90. The van der Waals surface area contributed by atoms with E-state index in [0.717, 1.165) is 30.7 Å². The highest BCUT2D eigenvalue weighted by atomic mass is 15.3. The van der Waals surface area contributed by atoms with Crippen molar-refractivity contribution in [1.82, 2.24) is 25.4 Å². The SMILES string of the molecule is CCc1nncn1CCN=C(NC1CCC(C)CC1)NC(C)c1ccccc1. The molecular formula is C22H34N6. The maximum absolute atomic E-state index is 4.87. The first kappa shape index (κ1) is 20.4. The molecule has 1 unspecified atom stereocenters. The van der Waals surface area contributed by atoms with E-state index in [4.69, 9.17) is 4.99 Å². The first-order chi connectivity index (χ1) is 13.7. The lowest BCUT2D eigenvalue weighted by molar-refractivity contribution is 0.328. The summed E-state index contributed by atoms with van der Waals surface area (Å²) in [4.78, 5) is 4.87. The van der Waals surface area contributed by atoms with Gasteiger partial charge in [-0.2, -0.15) is 0 Å². The van der Waals surface area contributed by atoms with E-state index in [0.29, 0.717) is 12.6 Å². The predicted octanol–water partition coefficient (Wildman–Crippen LogP) is 3.72. The van der Waals surface area contributed by atoms with Crippen LogP contribution in [0.3, 0.4) is 0 Å². The van der Waals surface area contributed by atoms with Crippen molar-refractivity contribution in [2.75, 3.05) is 6.54 Å². The lowest BCUT2D eigenvalue weighted by Crippen LogP contribution is -2.45. The Balaban J connectivity index is 1.64. The number of hydrogen-bond donors (Lipinski definition) is 2. The van der Waals surface area contributed by atoms with Crippen LogP contribution in [0.5, 0.6) is 0 Å². The minimum Gasteiger partial charge on any atom is -0.354 e. The van der Waals surface area contributed by atoms with Crippen molar-refractivity contribution in [1.29, 1.82) is 0 Å². The van der Waals surface area contributed by atoms with Crippen LogP contribution in [0.15, 0.2) is 41.7 Å². The Morgan fingerprint density at radius 2 is 1.96 bits per heavy atom. The predicted molar refractivity (Wildman–Crippen MR) is 114 cm³/mol. The van der Waals surface area contributed by atoms with E-state index in [2.05, 4.69) is 76.5 Å². The van der Waals surface area contributed by atoms with Gasteiger partial charge in [-0.25, -0.2) is 0 Å². The summed E-state index contributed by atoms with van der Waals surface area (Å²) in [6.45, 7) is 8.13. The van der Waals surface area contributed by atoms with Gasteiger partial charge in [-0.3, -0.25) is 4.99 Å². The number of aryl methyl sites for hydroxylation is 1. The molecule has 28 heavy (non-hydrogen) atoms. The Bertz CT molecular complexity index is 730. The van der Waals surface area contributed by atoms with Crippen LogP contribution >= 0.6 is 0 Å². The largest absolute Gasteiger partial charge is 0.354 e. The van der Waals surface area contributed by atoms with Gasteiger partial charge in [-0.05, 0) is 44.1 Å². The molecule has 1 fully saturated rings. The lowest BCUT2D eigenvalue weighted by Gasteiger charge is -2.29. The molecule has 1 aliphatic carbocycles. The fourth-order valence-corrected chi connectivity index (χ4v) is 3.77. The van der Waals surface area contributed by atoms with E-state index in [1.165, 1.54) is 31.2 Å². The van der Waals surface area contributed by atoms with Crippen LogP contribution < -0.4 is 10.6 Å². The maximum Gasteiger partial charge on any atom is 0.192 e. The van der Waals surface area contributed by atoms with Gasteiger partial charge in [0, 0.05) is 19.0 Å². The summed E-state index contributed by atoms with van der Waals surface area (Å²) in [7, 11) is 0.